The van der Waals surface area contributed by atoms with Gasteiger partial charge in [-0.15, -0.1) is 0 Å². The van der Waals surface area contributed by atoms with Crippen LogP contribution in [0.4, 0.5) is 5.69 Å². The van der Waals surface area contributed by atoms with Gasteiger partial charge < -0.3 is 14.3 Å². The lowest BCUT2D eigenvalue weighted by Crippen LogP contribution is -2.25. The molecule has 0 saturated carbocycles. The Morgan fingerprint density at radius 2 is 2.00 bits per heavy atom. The highest BCUT2D eigenvalue weighted by Crippen LogP contribution is 2.31. The second-order valence-corrected chi connectivity index (χ2v) is 5.72. The Bertz CT molecular complexity index is 876. The first-order valence-corrected chi connectivity index (χ1v) is 7.85. The van der Waals surface area contributed by atoms with Crippen LogP contribution in [0.3, 0.4) is 0 Å². The fourth-order valence-electron chi connectivity index (χ4n) is 2.56. The zero-order valence-corrected chi connectivity index (χ0v) is 14.2. The molecule has 1 heterocycles. The summed E-state index contributed by atoms with van der Waals surface area (Å²) in [6.07, 6.45) is 0.346. The van der Waals surface area contributed by atoms with Crippen LogP contribution in [0, 0.1) is 10.1 Å². The van der Waals surface area contributed by atoms with Gasteiger partial charge in [-0.2, -0.15) is 0 Å². The zero-order chi connectivity index (χ0) is 18.7. The second kappa shape index (κ2) is 7.22. The van der Waals surface area contributed by atoms with Gasteiger partial charge in [0, 0.05) is 30.2 Å². The number of carbonyl (C=O) groups excluding carboxylic acids is 1. The minimum atomic E-state index is -0.693. The van der Waals surface area contributed by atoms with Crippen LogP contribution in [0.15, 0.2) is 47.6 Å². The summed E-state index contributed by atoms with van der Waals surface area (Å²) in [5.41, 5.74) is 1.38. The highest BCUT2D eigenvalue weighted by Gasteiger charge is 2.24. The van der Waals surface area contributed by atoms with Crippen LogP contribution in [0.1, 0.15) is 29.3 Å². The third-order valence-corrected chi connectivity index (χ3v) is 3.86. The Labute approximate surface area is 149 Å². The number of rotatable bonds is 4. The van der Waals surface area contributed by atoms with E-state index < -0.39 is 10.9 Å². The number of methoxy groups -OCH3 is 1. The molecule has 134 valence electrons. The van der Waals surface area contributed by atoms with E-state index in [1.165, 1.54) is 24.3 Å². The van der Waals surface area contributed by atoms with Crippen molar-refractivity contribution in [1.29, 1.82) is 0 Å². The fraction of sp³-hybridized carbons (Fsp3) is 0.222. The molecule has 8 nitrogen and oxygen atoms in total. The van der Waals surface area contributed by atoms with E-state index in [0.29, 0.717) is 23.6 Å². The largest absolute Gasteiger partial charge is 0.497 e. The van der Waals surface area contributed by atoms with E-state index in [4.69, 9.17) is 14.3 Å². The van der Waals surface area contributed by atoms with Crippen LogP contribution < -0.4 is 9.47 Å². The molecule has 0 aromatic heterocycles. The number of nitro groups is 1. The molecular formula is C18H16N2O6. The van der Waals surface area contributed by atoms with Gasteiger partial charge in [-0.1, -0.05) is 5.16 Å². The summed E-state index contributed by atoms with van der Waals surface area (Å²) in [5.74, 6) is 0.565. The first kappa shape index (κ1) is 17.4. The van der Waals surface area contributed by atoms with Gasteiger partial charge >= 0.3 is 5.97 Å². The predicted octanol–water partition coefficient (Wildman–Crippen LogP) is 3.34. The van der Waals surface area contributed by atoms with Crippen LogP contribution >= 0.6 is 0 Å². The molecule has 0 spiro atoms. The first-order chi connectivity index (χ1) is 12.5. The van der Waals surface area contributed by atoms with Crippen molar-refractivity contribution in [3.63, 3.8) is 0 Å². The predicted molar refractivity (Wildman–Crippen MR) is 92.7 cm³/mol. The van der Waals surface area contributed by atoms with Crippen LogP contribution in [0.2, 0.25) is 0 Å². The van der Waals surface area contributed by atoms with Crippen LogP contribution in [-0.2, 0) is 4.84 Å². The van der Waals surface area contributed by atoms with Gasteiger partial charge in [0.1, 0.15) is 17.6 Å². The third-order valence-electron chi connectivity index (χ3n) is 3.86. The molecule has 0 unspecified atom stereocenters. The Balaban J connectivity index is 1.80. The maximum Gasteiger partial charge on any atom is 0.365 e. The molecule has 1 aliphatic rings. The van der Waals surface area contributed by atoms with Crippen molar-refractivity contribution in [1.82, 2.24) is 0 Å². The molecule has 0 bridgehead atoms. The third kappa shape index (κ3) is 3.64. The summed E-state index contributed by atoms with van der Waals surface area (Å²) < 4.78 is 10.9. The molecule has 0 fully saturated rings. The molecule has 2 aromatic carbocycles. The number of hydrogen-bond donors (Lipinski definition) is 0. The molecule has 0 saturated heterocycles. The summed E-state index contributed by atoms with van der Waals surface area (Å²) >= 11 is 0. The molecule has 8 heteroatoms. The number of nitrogens with zero attached hydrogens (tertiary/aromatic N) is 2. The van der Waals surface area contributed by atoms with Crippen molar-refractivity contribution in [3.05, 3.63) is 63.7 Å². The first-order valence-electron chi connectivity index (χ1n) is 7.85. The Hall–Kier alpha value is -3.42. The Morgan fingerprint density at radius 1 is 1.27 bits per heavy atom. The van der Waals surface area contributed by atoms with E-state index in [9.17, 15) is 14.9 Å². The summed E-state index contributed by atoms with van der Waals surface area (Å²) in [6.45, 7) is 1.89. The van der Waals surface area contributed by atoms with Crippen molar-refractivity contribution in [3.8, 4) is 11.5 Å². The number of nitro benzene ring substituents is 1. The minimum Gasteiger partial charge on any atom is -0.497 e. The van der Waals surface area contributed by atoms with Crippen LogP contribution in [0.5, 0.6) is 11.5 Å². The number of oxime groups is 1. The smallest absolute Gasteiger partial charge is 0.365 e. The number of carbonyl (C=O) groups is 1. The number of benzene rings is 2. The van der Waals surface area contributed by atoms with Crippen molar-refractivity contribution in [2.24, 2.45) is 5.16 Å². The van der Waals surface area contributed by atoms with Gasteiger partial charge in [-0.05, 0) is 31.2 Å². The normalized spacial score (nSPS) is 17.2. The lowest BCUT2D eigenvalue weighted by atomic mass is 10.0. The molecule has 1 aliphatic heterocycles. The van der Waals surface area contributed by atoms with Gasteiger partial charge in [-0.25, -0.2) is 4.79 Å². The average Bonchev–Trinajstić information content (AvgIpc) is 2.65. The molecule has 2 aromatic rings. The van der Waals surface area contributed by atoms with E-state index in [2.05, 4.69) is 5.16 Å². The van der Waals surface area contributed by atoms with E-state index in [1.54, 1.807) is 25.3 Å². The van der Waals surface area contributed by atoms with Crippen molar-refractivity contribution >= 4 is 17.4 Å². The quantitative estimate of drug-likeness (QED) is 0.473. The Morgan fingerprint density at radius 3 is 2.65 bits per heavy atom. The highest BCUT2D eigenvalue weighted by molar-refractivity contribution is 6.04. The van der Waals surface area contributed by atoms with Crippen LogP contribution in [-0.4, -0.2) is 29.8 Å². The Kier molecular flexibility index (Phi) is 4.83. The topological polar surface area (TPSA) is 100 Å². The van der Waals surface area contributed by atoms with Crippen LogP contribution in [0.25, 0.3) is 0 Å². The molecule has 1 atom stereocenters. The zero-order valence-electron chi connectivity index (χ0n) is 14.2. The molecule has 3 rings (SSSR count). The van der Waals surface area contributed by atoms with Gasteiger partial charge in [0.15, 0.2) is 0 Å². The van der Waals surface area contributed by atoms with Gasteiger partial charge in [-0.3, -0.25) is 10.1 Å². The van der Waals surface area contributed by atoms with Crippen molar-refractivity contribution in [2.45, 2.75) is 19.4 Å². The molecule has 0 amide bonds. The number of non-ortho nitro benzene ring substituents is 1. The molecule has 0 aliphatic carbocycles. The average molecular weight is 356 g/mol. The molecule has 0 N–H and O–H groups in total. The molecular weight excluding hydrogens is 340 g/mol. The minimum absolute atomic E-state index is 0.103. The molecule has 0 radical (unpaired) electrons. The summed E-state index contributed by atoms with van der Waals surface area (Å²) in [4.78, 5) is 27.3. The van der Waals surface area contributed by atoms with E-state index in [1.807, 2.05) is 6.92 Å². The maximum absolute atomic E-state index is 12.1. The second-order valence-electron chi connectivity index (χ2n) is 5.72. The van der Waals surface area contributed by atoms with E-state index >= 15 is 0 Å². The monoisotopic (exact) mass is 356 g/mol. The summed E-state index contributed by atoms with van der Waals surface area (Å²) in [6, 6.07) is 10.4. The lowest BCUT2D eigenvalue weighted by Gasteiger charge is -2.24. The molecule has 26 heavy (non-hydrogen) atoms. The number of ether oxygens (including phenoxy) is 2. The summed E-state index contributed by atoms with van der Waals surface area (Å²) in [7, 11) is 1.56. The van der Waals surface area contributed by atoms with Crippen molar-refractivity contribution in [2.75, 3.05) is 7.11 Å². The highest BCUT2D eigenvalue weighted by atomic mass is 16.7. The lowest BCUT2D eigenvalue weighted by molar-refractivity contribution is -0.384. The van der Waals surface area contributed by atoms with E-state index in [0.717, 1.165) is 5.56 Å². The SMILES string of the molecule is COc1ccc2c(c1)O[C@@H](C)C/C2=N\OC(=O)c1ccc([N+](=O)[O-])cc1. The van der Waals surface area contributed by atoms with Gasteiger partial charge in [0.2, 0.25) is 0 Å². The maximum atomic E-state index is 12.1. The van der Waals surface area contributed by atoms with Gasteiger partial charge in [0.25, 0.3) is 5.69 Å². The fourth-order valence-corrected chi connectivity index (χ4v) is 2.56. The standard InChI is InChI=1S/C18H16N2O6/c1-11-9-16(15-8-7-14(24-2)10-17(15)25-11)19-26-18(21)12-3-5-13(6-4-12)20(22)23/h3-8,10-11H,9H2,1-2H3/b19-16+/t11-/m0/s1. The van der Waals surface area contributed by atoms with Gasteiger partial charge in [0.05, 0.1) is 23.3 Å². The van der Waals surface area contributed by atoms with E-state index in [-0.39, 0.29) is 17.4 Å². The number of fused-ring (bicyclic) bond motifs is 1. The summed E-state index contributed by atoms with van der Waals surface area (Å²) in [5, 5.41) is 14.6. The van der Waals surface area contributed by atoms with Crippen molar-refractivity contribution < 1.29 is 24.0 Å². The number of hydrogen-bond acceptors (Lipinski definition) is 7.